The molecule has 1 amide bonds. The predicted molar refractivity (Wildman–Crippen MR) is 87.1 cm³/mol. The molecule has 7 nitrogen and oxygen atoms in total. The third-order valence-corrected chi connectivity index (χ3v) is 3.72. The van der Waals surface area contributed by atoms with Gasteiger partial charge in [-0.05, 0) is 35.9 Å². The molecule has 0 aliphatic carbocycles. The molecule has 0 fully saturated rings. The summed E-state index contributed by atoms with van der Waals surface area (Å²) in [6, 6.07) is 4.35. The Hall–Kier alpha value is -3.50. The SMILES string of the molecule is O=C(N[C@@H](Cc1ccc(F)c([N+](=O)[O-])c1)C(=O)O)c1ccc(C(F)(F)F)cc1. The van der Waals surface area contributed by atoms with Gasteiger partial charge in [0.05, 0.1) is 10.5 Å². The molecule has 0 aliphatic rings. The first-order chi connectivity index (χ1) is 13.0. The molecule has 0 aliphatic heterocycles. The summed E-state index contributed by atoms with van der Waals surface area (Å²) in [7, 11) is 0. The van der Waals surface area contributed by atoms with Crippen LogP contribution < -0.4 is 5.32 Å². The van der Waals surface area contributed by atoms with Crippen LogP contribution in [0.25, 0.3) is 0 Å². The molecule has 148 valence electrons. The second kappa shape index (κ2) is 8.03. The topological polar surface area (TPSA) is 110 Å². The third kappa shape index (κ3) is 5.02. The Morgan fingerprint density at radius 2 is 1.75 bits per heavy atom. The van der Waals surface area contributed by atoms with Crippen molar-refractivity contribution in [1.82, 2.24) is 5.32 Å². The van der Waals surface area contributed by atoms with E-state index in [0.717, 1.165) is 30.3 Å². The first-order valence-electron chi connectivity index (χ1n) is 7.63. The van der Waals surface area contributed by atoms with Crippen LogP contribution in [0.3, 0.4) is 0 Å². The minimum Gasteiger partial charge on any atom is -0.480 e. The minimum absolute atomic E-state index is 0.0771. The zero-order valence-corrected chi connectivity index (χ0v) is 13.9. The second-order valence-electron chi connectivity index (χ2n) is 5.69. The number of nitro benzene ring substituents is 1. The lowest BCUT2D eigenvalue weighted by Gasteiger charge is -2.15. The molecule has 0 saturated heterocycles. The monoisotopic (exact) mass is 400 g/mol. The number of amides is 1. The number of carbonyl (C=O) groups excluding carboxylic acids is 1. The number of carboxylic acid groups (broad SMARTS) is 1. The molecule has 0 spiro atoms. The number of nitrogens with zero attached hydrogens (tertiary/aromatic N) is 1. The highest BCUT2D eigenvalue weighted by atomic mass is 19.4. The number of aliphatic carboxylic acids is 1. The second-order valence-corrected chi connectivity index (χ2v) is 5.69. The van der Waals surface area contributed by atoms with Crippen molar-refractivity contribution in [3.63, 3.8) is 0 Å². The molecule has 2 aromatic rings. The van der Waals surface area contributed by atoms with Gasteiger partial charge in [0.25, 0.3) is 5.91 Å². The van der Waals surface area contributed by atoms with Gasteiger partial charge in [-0.1, -0.05) is 6.07 Å². The van der Waals surface area contributed by atoms with Crippen molar-refractivity contribution in [3.8, 4) is 0 Å². The lowest BCUT2D eigenvalue weighted by molar-refractivity contribution is -0.387. The highest BCUT2D eigenvalue weighted by Crippen LogP contribution is 2.29. The Balaban J connectivity index is 2.17. The van der Waals surface area contributed by atoms with Crippen LogP contribution in [0, 0.1) is 15.9 Å². The summed E-state index contributed by atoms with van der Waals surface area (Å²) in [4.78, 5) is 33.3. The number of hydrogen-bond acceptors (Lipinski definition) is 4. The zero-order valence-electron chi connectivity index (χ0n) is 13.9. The van der Waals surface area contributed by atoms with E-state index >= 15 is 0 Å². The summed E-state index contributed by atoms with van der Waals surface area (Å²) in [5.41, 5.74) is -1.95. The molecule has 2 rings (SSSR count). The Morgan fingerprint density at radius 3 is 2.25 bits per heavy atom. The van der Waals surface area contributed by atoms with E-state index in [0.29, 0.717) is 12.1 Å². The van der Waals surface area contributed by atoms with Gasteiger partial charge in [-0.2, -0.15) is 17.6 Å². The first-order valence-corrected chi connectivity index (χ1v) is 7.63. The quantitative estimate of drug-likeness (QED) is 0.440. The highest BCUT2D eigenvalue weighted by molar-refractivity contribution is 5.96. The van der Waals surface area contributed by atoms with E-state index in [2.05, 4.69) is 5.32 Å². The normalized spacial score (nSPS) is 12.3. The number of halogens is 4. The molecule has 28 heavy (non-hydrogen) atoms. The zero-order chi connectivity index (χ0) is 21.1. The van der Waals surface area contributed by atoms with Crippen molar-refractivity contribution < 1.29 is 37.2 Å². The summed E-state index contributed by atoms with van der Waals surface area (Å²) in [5.74, 6) is -3.53. The Morgan fingerprint density at radius 1 is 1.14 bits per heavy atom. The van der Waals surface area contributed by atoms with Crippen LogP contribution in [0.15, 0.2) is 42.5 Å². The van der Waals surface area contributed by atoms with Crippen LogP contribution >= 0.6 is 0 Å². The summed E-state index contributed by atoms with van der Waals surface area (Å²) < 4.78 is 51.0. The van der Waals surface area contributed by atoms with E-state index in [1.807, 2.05) is 0 Å². The average Bonchev–Trinajstić information content (AvgIpc) is 2.61. The van der Waals surface area contributed by atoms with Gasteiger partial charge >= 0.3 is 17.8 Å². The third-order valence-electron chi connectivity index (χ3n) is 3.72. The fourth-order valence-corrected chi connectivity index (χ4v) is 2.31. The Bertz CT molecular complexity index is 913. The van der Waals surface area contributed by atoms with Gasteiger partial charge in [0.2, 0.25) is 5.82 Å². The molecule has 0 aromatic heterocycles. The van der Waals surface area contributed by atoms with Crippen molar-refractivity contribution in [1.29, 1.82) is 0 Å². The minimum atomic E-state index is -4.59. The van der Waals surface area contributed by atoms with Crippen molar-refractivity contribution in [2.75, 3.05) is 0 Å². The summed E-state index contributed by atoms with van der Waals surface area (Å²) >= 11 is 0. The molecule has 0 unspecified atom stereocenters. The number of rotatable bonds is 6. The van der Waals surface area contributed by atoms with Gasteiger partial charge in [-0.25, -0.2) is 4.79 Å². The molecule has 0 heterocycles. The van der Waals surface area contributed by atoms with E-state index in [1.54, 1.807) is 0 Å². The molecular weight excluding hydrogens is 388 g/mol. The average molecular weight is 400 g/mol. The standard InChI is InChI=1S/C17H12F4N2O5/c18-12-6-1-9(8-14(12)23(27)28)7-13(16(25)26)22-15(24)10-2-4-11(5-3-10)17(19,20)21/h1-6,8,13H,7H2,(H,22,24)(H,25,26)/t13-/m0/s1. The van der Waals surface area contributed by atoms with Crippen LogP contribution in [0.2, 0.25) is 0 Å². The molecule has 0 bridgehead atoms. The van der Waals surface area contributed by atoms with Gasteiger partial charge in [-0.3, -0.25) is 14.9 Å². The van der Waals surface area contributed by atoms with E-state index in [4.69, 9.17) is 0 Å². The van der Waals surface area contributed by atoms with Crippen molar-refractivity contribution in [3.05, 3.63) is 75.1 Å². The summed E-state index contributed by atoms with van der Waals surface area (Å²) in [5, 5.41) is 22.1. The van der Waals surface area contributed by atoms with Gasteiger partial charge in [-0.15, -0.1) is 0 Å². The maximum absolute atomic E-state index is 13.4. The molecule has 0 saturated carbocycles. The van der Waals surface area contributed by atoms with Crippen LogP contribution in [-0.2, 0) is 17.4 Å². The van der Waals surface area contributed by atoms with Crippen molar-refractivity contribution in [2.24, 2.45) is 0 Å². The van der Waals surface area contributed by atoms with E-state index in [1.165, 1.54) is 0 Å². The lowest BCUT2D eigenvalue weighted by Crippen LogP contribution is -2.42. The van der Waals surface area contributed by atoms with Gasteiger partial charge in [0, 0.05) is 18.1 Å². The number of nitrogens with one attached hydrogen (secondary N) is 1. The van der Waals surface area contributed by atoms with Gasteiger partial charge < -0.3 is 10.4 Å². The van der Waals surface area contributed by atoms with Crippen LogP contribution in [0.5, 0.6) is 0 Å². The van der Waals surface area contributed by atoms with Crippen molar-refractivity contribution >= 4 is 17.6 Å². The number of alkyl halides is 3. The molecule has 1 atom stereocenters. The van der Waals surface area contributed by atoms with E-state index in [-0.39, 0.29) is 11.1 Å². The lowest BCUT2D eigenvalue weighted by atomic mass is 10.0. The Kier molecular flexibility index (Phi) is 5.96. The maximum Gasteiger partial charge on any atom is 0.416 e. The number of hydrogen-bond donors (Lipinski definition) is 2. The molecule has 2 N–H and O–H groups in total. The number of nitro groups is 1. The Labute approximate surface area is 154 Å². The summed E-state index contributed by atoms with van der Waals surface area (Å²) in [6.45, 7) is 0. The van der Waals surface area contributed by atoms with Gasteiger partial charge in [0.1, 0.15) is 6.04 Å². The molecule has 2 aromatic carbocycles. The smallest absolute Gasteiger partial charge is 0.416 e. The largest absolute Gasteiger partial charge is 0.480 e. The van der Waals surface area contributed by atoms with E-state index < -0.39 is 52.5 Å². The van der Waals surface area contributed by atoms with Crippen LogP contribution in [0.4, 0.5) is 23.2 Å². The fourth-order valence-electron chi connectivity index (χ4n) is 2.31. The maximum atomic E-state index is 13.4. The highest BCUT2D eigenvalue weighted by Gasteiger charge is 2.30. The van der Waals surface area contributed by atoms with Crippen molar-refractivity contribution in [2.45, 2.75) is 18.6 Å². The van der Waals surface area contributed by atoms with Crippen LogP contribution in [0.1, 0.15) is 21.5 Å². The van der Waals surface area contributed by atoms with E-state index in [9.17, 15) is 42.4 Å². The molecule has 11 heteroatoms. The number of carbonyl (C=O) groups is 2. The van der Waals surface area contributed by atoms with Gasteiger partial charge in [0.15, 0.2) is 0 Å². The molecular formula is C17H12F4N2O5. The van der Waals surface area contributed by atoms with Crippen LogP contribution in [-0.4, -0.2) is 27.9 Å². The summed E-state index contributed by atoms with van der Waals surface area (Å²) in [6.07, 6.45) is -4.99. The number of carboxylic acids is 1. The predicted octanol–water partition coefficient (Wildman–Crippen LogP) is 3.18. The first kappa shape index (κ1) is 20.8. The molecule has 0 radical (unpaired) electrons. The number of benzene rings is 2. The fraction of sp³-hybridized carbons (Fsp3) is 0.176.